The van der Waals surface area contributed by atoms with Crippen LogP contribution in [0.2, 0.25) is 0 Å². The summed E-state index contributed by atoms with van der Waals surface area (Å²) in [6.07, 6.45) is 1.73. The van der Waals surface area contributed by atoms with E-state index >= 15 is 0 Å². The van der Waals surface area contributed by atoms with Gasteiger partial charge in [0.2, 0.25) is 0 Å². The van der Waals surface area contributed by atoms with E-state index in [0.717, 1.165) is 15.1 Å². The van der Waals surface area contributed by atoms with Crippen LogP contribution in [0.1, 0.15) is 11.3 Å². The summed E-state index contributed by atoms with van der Waals surface area (Å²) in [5.74, 6) is 0. The first-order valence-electron chi connectivity index (χ1n) is 4.85. The number of aromatic nitrogens is 2. The normalized spacial score (nSPS) is 9.94. The van der Waals surface area contributed by atoms with Gasteiger partial charge in [0.1, 0.15) is 0 Å². The highest BCUT2D eigenvalue weighted by Gasteiger charge is 2.03. The van der Waals surface area contributed by atoms with Crippen LogP contribution in [0.3, 0.4) is 0 Å². The molecule has 0 bridgehead atoms. The average Bonchev–Trinajstić information content (AvgIpc) is 2.28. The van der Waals surface area contributed by atoms with E-state index < -0.39 is 0 Å². The average molecular weight is 306 g/mol. The first-order valence-corrected chi connectivity index (χ1v) is 6.46. The van der Waals surface area contributed by atoms with Crippen molar-refractivity contribution in [3.63, 3.8) is 0 Å². The van der Waals surface area contributed by atoms with Gasteiger partial charge in [0.25, 0.3) is 0 Å². The van der Waals surface area contributed by atoms with Gasteiger partial charge >= 0.3 is 0 Å². The molecule has 0 aliphatic rings. The molecule has 3 nitrogen and oxygen atoms in total. The van der Waals surface area contributed by atoms with Crippen molar-refractivity contribution in [2.75, 3.05) is 0 Å². The van der Waals surface area contributed by atoms with Crippen LogP contribution in [0.15, 0.2) is 45.0 Å². The van der Waals surface area contributed by atoms with Gasteiger partial charge in [-0.1, -0.05) is 15.9 Å². The molecule has 5 heteroatoms. The lowest BCUT2D eigenvalue weighted by atomic mass is 10.2. The van der Waals surface area contributed by atoms with E-state index in [4.69, 9.17) is 5.26 Å². The lowest BCUT2D eigenvalue weighted by Gasteiger charge is -2.02. The van der Waals surface area contributed by atoms with Crippen molar-refractivity contribution in [3.8, 4) is 6.07 Å². The number of hydrogen-bond donors (Lipinski definition) is 0. The molecule has 0 atom stereocenters. The van der Waals surface area contributed by atoms with Crippen molar-refractivity contribution < 1.29 is 0 Å². The van der Waals surface area contributed by atoms with Gasteiger partial charge in [0.05, 0.1) is 11.6 Å². The number of aryl methyl sites for hydroxylation is 1. The van der Waals surface area contributed by atoms with Gasteiger partial charge < -0.3 is 0 Å². The van der Waals surface area contributed by atoms with E-state index in [-0.39, 0.29) is 0 Å². The highest BCUT2D eigenvalue weighted by molar-refractivity contribution is 9.10. The Labute approximate surface area is 112 Å². The molecule has 2 rings (SSSR count). The number of rotatable bonds is 2. The smallest absolute Gasteiger partial charge is 0.192 e. The third-order valence-electron chi connectivity index (χ3n) is 1.98. The van der Waals surface area contributed by atoms with Crippen LogP contribution in [-0.2, 0) is 0 Å². The first-order chi connectivity index (χ1) is 8.17. The third kappa shape index (κ3) is 3.29. The summed E-state index contributed by atoms with van der Waals surface area (Å²) in [7, 11) is 0. The minimum absolute atomic E-state index is 0.620. The van der Waals surface area contributed by atoms with E-state index in [0.29, 0.717) is 10.7 Å². The Balaban J connectivity index is 2.30. The van der Waals surface area contributed by atoms with Crippen molar-refractivity contribution >= 4 is 27.7 Å². The van der Waals surface area contributed by atoms with Crippen LogP contribution in [-0.4, -0.2) is 9.97 Å². The van der Waals surface area contributed by atoms with Gasteiger partial charge in [-0.25, -0.2) is 9.97 Å². The summed E-state index contributed by atoms with van der Waals surface area (Å²) in [5.41, 5.74) is 1.55. The highest BCUT2D eigenvalue weighted by atomic mass is 79.9. The first kappa shape index (κ1) is 12.1. The molecule has 0 unspecified atom stereocenters. The van der Waals surface area contributed by atoms with Gasteiger partial charge in [-0.3, -0.25) is 0 Å². The Kier molecular flexibility index (Phi) is 3.77. The predicted octanol–water partition coefficient (Wildman–Crippen LogP) is 3.57. The van der Waals surface area contributed by atoms with Gasteiger partial charge in [-0.2, -0.15) is 5.26 Å². The second kappa shape index (κ2) is 5.30. The molecule has 0 saturated carbocycles. The monoisotopic (exact) mass is 305 g/mol. The van der Waals surface area contributed by atoms with Crippen LogP contribution < -0.4 is 0 Å². The fraction of sp³-hybridized carbons (Fsp3) is 0.0833. The Hall–Kier alpha value is -1.38. The number of halogens is 1. The molecule has 2 aromatic rings. The molecule has 0 aliphatic heterocycles. The van der Waals surface area contributed by atoms with Crippen LogP contribution >= 0.6 is 27.7 Å². The van der Waals surface area contributed by atoms with E-state index in [9.17, 15) is 0 Å². The van der Waals surface area contributed by atoms with Crippen LogP contribution in [0.25, 0.3) is 0 Å². The Morgan fingerprint density at radius 3 is 2.88 bits per heavy atom. The Morgan fingerprint density at radius 1 is 1.35 bits per heavy atom. The molecule has 0 saturated heterocycles. The van der Waals surface area contributed by atoms with Crippen molar-refractivity contribution in [2.45, 2.75) is 17.0 Å². The summed E-state index contributed by atoms with van der Waals surface area (Å²) in [4.78, 5) is 9.43. The van der Waals surface area contributed by atoms with Crippen LogP contribution in [0.5, 0.6) is 0 Å². The number of nitrogens with zero attached hydrogens (tertiary/aromatic N) is 3. The minimum Gasteiger partial charge on any atom is -0.231 e. The zero-order chi connectivity index (χ0) is 12.3. The summed E-state index contributed by atoms with van der Waals surface area (Å²) in [6.45, 7) is 1.92. The Morgan fingerprint density at radius 2 is 2.18 bits per heavy atom. The maximum absolute atomic E-state index is 8.89. The van der Waals surface area contributed by atoms with E-state index in [1.165, 1.54) is 11.8 Å². The Bertz CT molecular complexity index is 593. The zero-order valence-corrected chi connectivity index (χ0v) is 11.4. The summed E-state index contributed by atoms with van der Waals surface area (Å²) >= 11 is 4.82. The fourth-order valence-electron chi connectivity index (χ4n) is 1.27. The molecular weight excluding hydrogens is 298 g/mol. The van der Waals surface area contributed by atoms with Crippen molar-refractivity contribution in [3.05, 3.63) is 46.2 Å². The molecule has 84 valence electrons. The zero-order valence-electron chi connectivity index (χ0n) is 9.01. The summed E-state index contributed by atoms with van der Waals surface area (Å²) < 4.78 is 0.881. The maximum atomic E-state index is 8.89. The van der Waals surface area contributed by atoms with Gasteiger partial charge in [0, 0.05) is 21.3 Å². The van der Waals surface area contributed by atoms with Gasteiger partial charge in [-0.05, 0) is 43.0 Å². The molecule has 17 heavy (non-hydrogen) atoms. The maximum Gasteiger partial charge on any atom is 0.192 e. The van der Waals surface area contributed by atoms with Crippen molar-refractivity contribution in [1.82, 2.24) is 9.97 Å². The lowest BCUT2D eigenvalue weighted by Crippen LogP contribution is -1.88. The fourth-order valence-corrected chi connectivity index (χ4v) is 2.80. The van der Waals surface area contributed by atoms with Crippen LogP contribution in [0.4, 0.5) is 0 Å². The number of benzene rings is 1. The molecule has 0 amide bonds. The SMILES string of the molecule is Cc1ccnc(Sc2cc(Br)cc(C#N)c2)n1. The molecule has 1 aromatic carbocycles. The van der Waals surface area contributed by atoms with Gasteiger partial charge in [-0.15, -0.1) is 0 Å². The van der Waals surface area contributed by atoms with Crippen LogP contribution in [0, 0.1) is 18.3 Å². The molecular formula is C12H8BrN3S. The van der Waals surface area contributed by atoms with Crippen molar-refractivity contribution in [1.29, 1.82) is 5.26 Å². The highest BCUT2D eigenvalue weighted by Crippen LogP contribution is 2.28. The summed E-state index contributed by atoms with van der Waals surface area (Å²) in [5, 5.41) is 9.57. The molecule has 0 fully saturated rings. The molecule has 0 spiro atoms. The molecule has 0 radical (unpaired) electrons. The standard InChI is InChI=1S/C12H8BrN3S/c1-8-2-3-15-12(16-8)17-11-5-9(7-14)4-10(13)6-11/h2-6H,1H3. The lowest BCUT2D eigenvalue weighted by molar-refractivity contribution is 0.932. The largest absolute Gasteiger partial charge is 0.231 e. The second-order valence-corrected chi connectivity index (χ2v) is 5.33. The minimum atomic E-state index is 0.620. The predicted molar refractivity (Wildman–Crippen MR) is 69.7 cm³/mol. The molecule has 1 heterocycles. The number of nitriles is 1. The third-order valence-corrected chi connectivity index (χ3v) is 3.29. The van der Waals surface area contributed by atoms with E-state index in [1.54, 1.807) is 12.3 Å². The van der Waals surface area contributed by atoms with Gasteiger partial charge in [0.15, 0.2) is 5.16 Å². The molecule has 1 aromatic heterocycles. The van der Waals surface area contributed by atoms with Crippen molar-refractivity contribution in [2.24, 2.45) is 0 Å². The number of hydrogen-bond acceptors (Lipinski definition) is 4. The van der Waals surface area contributed by atoms with E-state index in [2.05, 4.69) is 32.0 Å². The van der Waals surface area contributed by atoms with E-state index in [1.807, 2.05) is 25.1 Å². The second-order valence-electron chi connectivity index (χ2n) is 3.37. The quantitative estimate of drug-likeness (QED) is 0.796. The molecule has 0 N–H and O–H groups in total. The summed E-state index contributed by atoms with van der Waals surface area (Å²) in [6, 6.07) is 9.52. The molecule has 0 aliphatic carbocycles. The topological polar surface area (TPSA) is 49.6 Å².